The molecule has 3 saturated heterocycles. The van der Waals surface area contributed by atoms with Gasteiger partial charge < -0.3 is 47.7 Å². The highest BCUT2D eigenvalue weighted by Gasteiger charge is 2.82. The Bertz CT molecular complexity index is 1410. The lowest BCUT2D eigenvalue weighted by atomic mass is 9.41. The number of rotatable bonds is 10. The van der Waals surface area contributed by atoms with E-state index in [0.717, 1.165) is 13.8 Å². The van der Waals surface area contributed by atoms with Crippen LogP contribution < -0.4 is 0 Å². The first-order valence-electron chi connectivity index (χ1n) is 17.4. The van der Waals surface area contributed by atoms with E-state index < -0.39 is 107 Å². The highest BCUT2D eigenvalue weighted by atomic mass is 16.7. The number of carbonyl (C=O) groups is 6. The fraction of sp³-hybridized carbons (Fsp3) is 0.829. The fourth-order valence-electron chi connectivity index (χ4n) is 9.42. The largest absolute Gasteiger partial charge is 0.465 e. The predicted octanol–water partition coefficient (Wildman–Crippen LogP) is 1.89. The van der Waals surface area contributed by atoms with Crippen LogP contribution in [0.5, 0.6) is 0 Å². The van der Waals surface area contributed by atoms with Gasteiger partial charge in [0.2, 0.25) is 5.60 Å². The van der Waals surface area contributed by atoms with Gasteiger partial charge in [-0.25, -0.2) is 4.79 Å². The molecule has 3 heterocycles. The molecule has 0 radical (unpaired) electrons. The number of hydrogen-bond acceptors (Lipinski definition) is 16. The molecule has 5 aliphatic rings. The summed E-state index contributed by atoms with van der Waals surface area (Å²) in [6.07, 6.45) is -5.66. The Morgan fingerprint density at radius 1 is 0.863 bits per heavy atom. The molecule has 16 heteroatoms. The van der Waals surface area contributed by atoms with Crippen molar-refractivity contribution in [2.45, 2.75) is 142 Å². The topological polar surface area (TPSA) is 209 Å². The van der Waals surface area contributed by atoms with Crippen LogP contribution in [0.15, 0.2) is 0 Å². The molecule has 3 aliphatic heterocycles. The molecule has 2 aliphatic carbocycles. The molecule has 51 heavy (non-hydrogen) atoms. The van der Waals surface area contributed by atoms with Crippen molar-refractivity contribution in [2.75, 3.05) is 13.2 Å². The lowest BCUT2D eigenvalue weighted by molar-refractivity contribution is -0.291. The minimum absolute atomic E-state index is 0.0188. The molecule has 0 bridgehead atoms. The molecule has 286 valence electrons. The van der Waals surface area contributed by atoms with Crippen LogP contribution in [0.3, 0.4) is 0 Å². The lowest BCUT2D eigenvalue weighted by Gasteiger charge is -2.65. The fourth-order valence-corrected chi connectivity index (χ4v) is 9.42. The second-order valence-corrected chi connectivity index (χ2v) is 15.1. The molecule has 1 N–H and O–H groups in total. The Hall–Kier alpha value is -3.34. The molecule has 0 aromatic rings. The van der Waals surface area contributed by atoms with Crippen LogP contribution in [-0.4, -0.2) is 108 Å². The molecule has 0 aromatic heterocycles. The summed E-state index contributed by atoms with van der Waals surface area (Å²) in [4.78, 5) is 76.4. The van der Waals surface area contributed by atoms with E-state index in [1.54, 1.807) is 0 Å². The molecule has 2 saturated carbocycles. The minimum atomic E-state index is -2.15. The molecule has 0 unspecified atom stereocenters. The predicted molar refractivity (Wildman–Crippen MR) is 169 cm³/mol. The van der Waals surface area contributed by atoms with Crippen molar-refractivity contribution in [3.8, 4) is 0 Å². The van der Waals surface area contributed by atoms with E-state index in [9.17, 15) is 33.9 Å². The van der Waals surface area contributed by atoms with Gasteiger partial charge in [-0.2, -0.15) is 0 Å². The van der Waals surface area contributed by atoms with Gasteiger partial charge in [-0.15, -0.1) is 0 Å². The zero-order valence-electron chi connectivity index (χ0n) is 30.6. The molecule has 16 nitrogen and oxygen atoms in total. The summed E-state index contributed by atoms with van der Waals surface area (Å²) in [5, 5.41) is 10.1. The number of fused-ring (bicyclic) bond motifs is 3. The van der Waals surface area contributed by atoms with Crippen molar-refractivity contribution in [1.29, 1.82) is 0 Å². The average molecular weight is 727 g/mol. The van der Waals surface area contributed by atoms with E-state index in [2.05, 4.69) is 0 Å². The molecule has 0 aromatic carbocycles. The number of ether oxygens (including phenoxy) is 9. The first kappa shape index (κ1) is 38.9. The average Bonchev–Trinajstić information content (AvgIpc) is 3.58. The Kier molecular flexibility index (Phi) is 10.6. The number of hydrogen-bond donors (Lipinski definition) is 1. The number of carbonyl (C=O) groups excluding carboxylic acids is 6. The van der Waals surface area contributed by atoms with Crippen molar-refractivity contribution in [3.63, 3.8) is 0 Å². The van der Waals surface area contributed by atoms with Crippen LogP contribution in [0.1, 0.15) is 88.0 Å². The van der Waals surface area contributed by atoms with Crippen molar-refractivity contribution in [2.24, 2.45) is 28.6 Å². The molecular formula is C35H50O16. The third kappa shape index (κ3) is 6.72. The smallest absolute Gasteiger partial charge is 0.354 e. The second kappa shape index (κ2) is 13.9. The molecule has 14 atom stereocenters. The minimum Gasteiger partial charge on any atom is -0.465 e. The zero-order valence-corrected chi connectivity index (χ0v) is 30.6. The van der Waals surface area contributed by atoms with Gasteiger partial charge in [0.05, 0.1) is 18.1 Å². The van der Waals surface area contributed by atoms with E-state index >= 15 is 0 Å². The highest BCUT2D eigenvalue weighted by Crippen LogP contribution is 2.71. The monoisotopic (exact) mass is 726 g/mol. The summed E-state index contributed by atoms with van der Waals surface area (Å²) in [6, 6.07) is 0. The van der Waals surface area contributed by atoms with Gasteiger partial charge in [0, 0.05) is 52.4 Å². The first-order valence-corrected chi connectivity index (χ1v) is 17.4. The van der Waals surface area contributed by atoms with Crippen LogP contribution in [0, 0.1) is 28.6 Å². The number of esters is 6. The number of epoxide rings is 1. The summed E-state index contributed by atoms with van der Waals surface area (Å²) in [5.74, 6) is -5.54. The van der Waals surface area contributed by atoms with Gasteiger partial charge >= 0.3 is 35.8 Å². The van der Waals surface area contributed by atoms with Gasteiger partial charge in [-0.3, -0.25) is 24.0 Å². The van der Waals surface area contributed by atoms with Crippen LogP contribution in [-0.2, 0) is 71.4 Å². The van der Waals surface area contributed by atoms with E-state index in [4.69, 9.17) is 42.6 Å². The summed E-state index contributed by atoms with van der Waals surface area (Å²) < 4.78 is 53.2. The van der Waals surface area contributed by atoms with E-state index in [1.165, 1.54) is 34.6 Å². The molecule has 0 amide bonds. The van der Waals surface area contributed by atoms with Crippen molar-refractivity contribution >= 4 is 35.8 Å². The highest BCUT2D eigenvalue weighted by molar-refractivity contribution is 5.84. The van der Waals surface area contributed by atoms with Crippen LogP contribution in [0.4, 0.5) is 0 Å². The van der Waals surface area contributed by atoms with Gasteiger partial charge in [0.25, 0.3) is 0 Å². The van der Waals surface area contributed by atoms with Crippen LogP contribution in [0.2, 0.25) is 0 Å². The Balaban J connectivity index is 1.66. The summed E-state index contributed by atoms with van der Waals surface area (Å²) in [5.41, 5.74) is -5.91. The quantitative estimate of drug-likeness (QED) is 0.194. The first-order chi connectivity index (χ1) is 23.7. The summed E-state index contributed by atoms with van der Waals surface area (Å²) in [6.45, 7) is 12.2. The molecule has 5 rings (SSSR count). The Morgan fingerprint density at radius 3 is 2.04 bits per heavy atom. The van der Waals surface area contributed by atoms with Crippen molar-refractivity contribution in [3.05, 3.63) is 0 Å². The normalized spacial score (nSPS) is 41.2. The molecule has 1 spiro atoms. The maximum atomic E-state index is 14.2. The number of aliphatic hydroxyl groups excluding tert-OH is 1. The summed E-state index contributed by atoms with van der Waals surface area (Å²) in [7, 11) is 0. The van der Waals surface area contributed by atoms with Crippen molar-refractivity contribution < 1.29 is 76.5 Å². The summed E-state index contributed by atoms with van der Waals surface area (Å²) >= 11 is 0. The Labute approximate surface area is 296 Å². The third-order valence-electron chi connectivity index (χ3n) is 12.0. The van der Waals surface area contributed by atoms with E-state index in [-0.39, 0.29) is 37.9 Å². The lowest BCUT2D eigenvalue weighted by Crippen LogP contribution is -2.75. The third-order valence-corrected chi connectivity index (χ3v) is 12.0. The number of aliphatic hydroxyl groups is 1. The zero-order chi connectivity index (χ0) is 37.8. The van der Waals surface area contributed by atoms with Gasteiger partial charge in [-0.05, 0) is 44.9 Å². The molecular weight excluding hydrogens is 676 g/mol. The second-order valence-electron chi connectivity index (χ2n) is 15.1. The maximum Gasteiger partial charge on any atom is 0.354 e. The van der Waals surface area contributed by atoms with Crippen LogP contribution >= 0.6 is 0 Å². The standard InChI is InChI=1S/C35H50O16/c1-16-10-27(47-21(6)39)34(14-43-18(3)36)25(32(16,8)26-11-23-12-28(41)49-30(23)48-26)13-24(46-20(5)38)29(35(34)15-44-35)50-31(42)33(9,51-22(7)40)17(2)45-19(4)37/h16-17,23-30,41H,10-15H2,1-9H3/t16-,17+,23+,24-,25-,26+,27+,28+,29+,30-,32+,33+,34+,35-/m1/s1. The Morgan fingerprint density at radius 2 is 1.51 bits per heavy atom. The van der Waals surface area contributed by atoms with Gasteiger partial charge in [0.1, 0.15) is 30.5 Å². The van der Waals surface area contributed by atoms with E-state index in [0.29, 0.717) is 12.8 Å². The van der Waals surface area contributed by atoms with Gasteiger partial charge in [-0.1, -0.05) is 13.8 Å². The van der Waals surface area contributed by atoms with E-state index in [1.807, 2.05) is 13.8 Å². The SMILES string of the molecule is CC(=O)OC[C@@]12[C@@H](OC(C)=O)C[C@@H](C)[C@](C)([C@@H]3C[C@H]4C[C@@H](O)O[C@H]4O3)[C@H]1C[C@@H](OC(C)=O)[C@H](OC(=O)[C@@](C)(OC(C)=O)[C@H](C)OC(C)=O)[C@]21CO1. The van der Waals surface area contributed by atoms with Crippen LogP contribution in [0.25, 0.3) is 0 Å². The van der Waals surface area contributed by atoms with Gasteiger partial charge in [0.15, 0.2) is 18.7 Å². The molecule has 5 fully saturated rings. The van der Waals surface area contributed by atoms with Crippen molar-refractivity contribution in [1.82, 2.24) is 0 Å². The maximum absolute atomic E-state index is 14.2.